The van der Waals surface area contributed by atoms with Crippen LogP contribution in [0.1, 0.15) is 6.42 Å². The van der Waals surface area contributed by atoms with Crippen molar-refractivity contribution in [2.75, 3.05) is 47.1 Å². The smallest absolute Gasteiger partial charge is 0.325 e. The van der Waals surface area contributed by atoms with E-state index in [1.807, 2.05) is 0 Å². The maximum atomic E-state index is 12.4. The summed E-state index contributed by atoms with van der Waals surface area (Å²) >= 11 is 0. The summed E-state index contributed by atoms with van der Waals surface area (Å²) in [5, 5.41) is 15.7. The number of guanidine groups is 1. The summed E-state index contributed by atoms with van der Waals surface area (Å²) in [6.07, 6.45) is 0.948. The molecule has 3 amide bonds. The molecule has 146 valence electrons. The van der Waals surface area contributed by atoms with Gasteiger partial charge in [-0.2, -0.15) is 0 Å². The molecule has 0 aliphatic carbocycles. The second-order valence-electron chi connectivity index (χ2n) is 6.12. The van der Waals surface area contributed by atoms with E-state index >= 15 is 0 Å². The fourth-order valence-electron chi connectivity index (χ4n) is 2.88. The number of hydrogen-bond donors (Lipinski definition) is 3. The highest BCUT2D eigenvalue weighted by Crippen LogP contribution is 2.21. The first-order valence-corrected chi connectivity index (χ1v) is 8.50. The number of methoxy groups -OCH3 is 1. The predicted octanol–water partition coefficient (Wildman–Crippen LogP) is -1.28. The van der Waals surface area contributed by atoms with Gasteiger partial charge in [0.25, 0.3) is 5.91 Å². The number of imide groups is 1. The summed E-state index contributed by atoms with van der Waals surface area (Å²) < 4.78 is 10.3. The van der Waals surface area contributed by atoms with Crippen LogP contribution in [0.15, 0.2) is 17.6 Å². The quantitative estimate of drug-likeness (QED) is 0.325. The SMILES string of the molecule is C=CCOCC(O)CN1C(=NCCCOC)NC2C1C(=O)NC(=O)N2C. The lowest BCUT2D eigenvalue weighted by molar-refractivity contribution is -0.127. The number of rotatable bonds is 10. The molecule has 3 atom stereocenters. The van der Waals surface area contributed by atoms with Crippen molar-refractivity contribution in [3.05, 3.63) is 12.7 Å². The number of aliphatic imine (C=N–C) groups is 1. The number of aliphatic hydroxyl groups excluding tert-OH is 1. The van der Waals surface area contributed by atoms with Gasteiger partial charge in [-0.05, 0) is 6.42 Å². The van der Waals surface area contributed by atoms with E-state index in [-0.39, 0.29) is 13.2 Å². The average Bonchev–Trinajstić information content (AvgIpc) is 2.96. The van der Waals surface area contributed by atoms with Gasteiger partial charge < -0.3 is 29.7 Å². The van der Waals surface area contributed by atoms with Crippen molar-refractivity contribution in [1.29, 1.82) is 0 Å². The molecule has 0 spiro atoms. The van der Waals surface area contributed by atoms with E-state index in [2.05, 4.69) is 22.2 Å². The second-order valence-corrected chi connectivity index (χ2v) is 6.12. The van der Waals surface area contributed by atoms with Crippen molar-refractivity contribution in [3.63, 3.8) is 0 Å². The number of ether oxygens (including phenoxy) is 2. The van der Waals surface area contributed by atoms with E-state index in [1.54, 1.807) is 25.1 Å². The molecule has 0 aromatic carbocycles. The lowest BCUT2D eigenvalue weighted by Gasteiger charge is -2.35. The molecule has 0 saturated carbocycles. The Labute approximate surface area is 152 Å². The number of likely N-dealkylation sites (N-methyl/N-ethyl adjacent to an activating group) is 1. The summed E-state index contributed by atoms with van der Waals surface area (Å²) in [6.45, 7) is 5.20. The van der Waals surface area contributed by atoms with Gasteiger partial charge in [0.05, 0.1) is 19.3 Å². The number of hydrogen-bond acceptors (Lipinski definition) is 6. The number of nitrogens with one attached hydrogen (secondary N) is 2. The van der Waals surface area contributed by atoms with Crippen LogP contribution in [0.4, 0.5) is 4.79 Å². The van der Waals surface area contributed by atoms with E-state index in [9.17, 15) is 14.7 Å². The molecule has 2 saturated heterocycles. The van der Waals surface area contributed by atoms with Gasteiger partial charge in [0.1, 0.15) is 6.17 Å². The van der Waals surface area contributed by atoms with Crippen LogP contribution >= 0.6 is 0 Å². The number of fused-ring (bicyclic) bond motifs is 1. The van der Waals surface area contributed by atoms with Gasteiger partial charge in [-0.3, -0.25) is 15.1 Å². The molecule has 26 heavy (non-hydrogen) atoms. The lowest BCUT2D eigenvalue weighted by atomic mass is 10.1. The largest absolute Gasteiger partial charge is 0.389 e. The number of aliphatic hydroxyl groups is 1. The third-order valence-corrected chi connectivity index (χ3v) is 4.14. The first kappa shape index (κ1) is 20.1. The fraction of sp³-hybridized carbons (Fsp3) is 0.688. The third-order valence-electron chi connectivity index (χ3n) is 4.14. The zero-order valence-electron chi connectivity index (χ0n) is 15.2. The number of β-amino-alcohol motifs (C(OH)–C–C–N with tert-alkyl or cyclic N) is 1. The Bertz CT molecular complexity index is 555. The van der Waals surface area contributed by atoms with Crippen LogP contribution in [0.2, 0.25) is 0 Å². The Morgan fingerprint density at radius 1 is 1.46 bits per heavy atom. The first-order chi connectivity index (χ1) is 12.5. The molecule has 2 aliphatic heterocycles. The van der Waals surface area contributed by atoms with Gasteiger partial charge in [0.15, 0.2) is 12.0 Å². The maximum Gasteiger partial charge on any atom is 0.325 e. The van der Waals surface area contributed by atoms with Gasteiger partial charge in [-0.1, -0.05) is 6.08 Å². The fourth-order valence-corrected chi connectivity index (χ4v) is 2.88. The van der Waals surface area contributed by atoms with Crippen molar-refractivity contribution < 1.29 is 24.2 Å². The summed E-state index contributed by atoms with van der Waals surface area (Å²) in [4.78, 5) is 31.8. The van der Waals surface area contributed by atoms with Crippen LogP contribution in [0.25, 0.3) is 0 Å². The zero-order valence-corrected chi connectivity index (χ0v) is 15.2. The minimum atomic E-state index is -0.824. The number of amides is 3. The molecule has 10 nitrogen and oxygen atoms in total. The topological polar surface area (TPSA) is 116 Å². The molecule has 2 heterocycles. The summed E-state index contributed by atoms with van der Waals surface area (Å²) in [7, 11) is 3.22. The summed E-state index contributed by atoms with van der Waals surface area (Å²) in [6, 6.07) is -1.15. The van der Waals surface area contributed by atoms with E-state index < -0.39 is 30.2 Å². The normalized spacial score (nSPS) is 25.1. The van der Waals surface area contributed by atoms with E-state index in [4.69, 9.17) is 9.47 Å². The predicted molar refractivity (Wildman–Crippen MR) is 94.5 cm³/mol. The van der Waals surface area contributed by atoms with Crippen LogP contribution in [-0.4, -0.2) is 98.2 Å². The number of carbonyl (C=O) groups is 2. The molecule has 2 rings (SSSR count). The average molecular weight is 369 g/mol. The minimum Gasteiger partial charge on any atom is -0.389 e. The van der Waals surface area contributed by atoms with Crippen LogP contribution in [0.5, 0.6) is 0 Å². The van der Waals surface area contributed by atoms with Crippen molar-refractivity contribution >= 4 is 17.9 Å². The van der Waals surface area contributed by atoms with E-state index in [0.717, 1.165) is 6.42 Å². The molecule has 3 N–H and O–H groups in total. The molecule has 0 radical (unpaired) electrons. The number of nitrogens with zero attached hydrogens (tertiary/aromatic N) is 3. The van der Waals surface area contributed by atoms with Crippen molar-refractivity contribution in [2.45, 2.75) is 24.7 Å². The van der Waals surface area contributed by atoms with Crippen LogP contribution in [-0.2, 0) is 14.3 Å². The Morgan fingerprint density at radius 3 is 2.92 bits per heavy atom. The van der Waals surface area contributed by atoms with Gasteiger partial charge in [-0.15, -0.1) is 6.58 Å². The van der Waals surface area contributed by atoms with E-state index in [0.29, 0.717) is 25.7 Å². The molecule has 2 fully saturated rings. The number of urea groups is 1. The van der Waals surface area contributed by atoms with Gasteiger partial charge in [0, 0.05) is 33.9 Å². The zero-order chi connectivity index (χ0) is 19.1. The number of carbonyl (C=O) groups excluding carboxylic acids is 2. The van der Waals surface area contributed by atoms with Crippen LogP contribution in [0.3, 0.4) is 0 Å². The third kappa shape index (κ3) is 4.71. The van der Waals surface area contributed by atoms with Crippen molar-refractivity contribution in [3.8, 4) is 0 Å². The van der Waals surface area contributed by atoms with Crippen LogP contribution in [0, 0.1) is 0 Å². The minimum absolute atomic E-state index is 0.104. The Hall–Kier alpha value is -2.17. The highest BCUT2D eigenvalue weighted by atomic mass is 16.5. The molecule has 0 bridgehead atoms. The standard InChI is InChI=1S/C16H27N5O5/c1-4-7-26-10-11(22)9-21-12-13(20(2)16(24)19-14(12)23)18-15(21)17-6-5-8-25-3/h4,11-13,22H,1,5-10H2,2-3H3,(H,17,18)(H,19,23,24). The van der Waals surface area contributed by atoms with Crippen molar-refractivity contribution in [1.82, 2.24) is 20.4 Å². The Balaban J connectivity index is 2.12. The highest BCUT2D eigenvalue weighted by molar-refractivity contribution is 6.04. The van der Waals surface area contributed by atoms with Gasteiger partial charge >= 0.3 is 6.03 Å². The molecule has 0 aromatic rings. The van der Waals surface area contributed by atoms with Crippen molar-refractivity contribution in [2.24, 2.45) is 4.99 Å². The Kier molecular flexibility index (Phi) is 7.37. The molecule has 2 aliphatic rings. The molecular weight excluding hydrogens is 342 g/mol. The highest BCUT2D eigenvalue weighted by Gasteiger charge is 2.50. The monoisotopic (exact) mass is 369 g/mol. The molecule has 3 unspecified atom stereocenters. The Morgan fingerprint density at radius 2 is 2.23 bits per heavy atom. The summed E-state index contributed by atoms with van der Waals surface area (Å²) in [5.41, 5.74) is 0. The lowest BCUT2D eigenvalue weighted by Crippen LogP contribution is -2.65. The first-order valence-electron chi connectivity index (χ1n) is 8.50. The van der Waals surface area contributed by atoms with Crippen LogP contribution < -0.4 is 10.6 Å². The van der Waals surface area contributed by atoms with Gasteiger partial charge in [0.2, 0.25) is 0 Å². The molecule has 0 aromatic heterocycles. The maximum absolute atomic E-state index is 12.4. The van der Waals surface area contributed by atoms with E-state index in [1.165, 1.54) is 4.90 Å². The molecule has 10 heteroatoms. The van der Waals surface area contributed by atoms with Gasteiger partial charge in [-0.25, -0.2) is 4.79 Å². The summed E-state index contributed by atoms with van der Waals surface area (Å²) in [5.74, 6) is 0.0440. The molecular formula is C16H27N5O5. The second kappa shape index (κ2) is 9.51.